The Bertz CT molecular complexity index is 744. The van der Waals surface area contributed by atoms with Gasteiger partial charge in [0.1, 0.15) is 23.9 Å². The lowest BCUT2D eigenvalue weighted by Gasteiger charge is -2.28. The summed E-state index contributed by atoms with van der Waals surface area (Å²) < 4.78 is 0. The van der Waals surface area contributed by atoms with Gasteiger partial charge < -0.3 is 19.9 Å². The van der Waals surface area contributed by atoms with Gasteiger partial charge in [-0.25, -0.2) is 9.97 Å². The minimum atomic E-state index is -0.898. The summed E-state index contributed by atoms with van der Waals surface area (Å²) in [5, 5.41) is 10.5. The van der Waals surface area contributed by atoms with E-state index in [1.807, 2.05) is 17.2 Å². The van der Waals surface area contributed by atoms with Crippen LogP contribution in [-0.4, -0.2) is 63.1 Å². The van der Waals surface area contributed by atoms with Crippen LogP contribution in [0, 0.1) is 11.8 Å². The first-order valence-electron chi connectivity index (χ1n) is 8.52. The van der Waals surface area contributed by atoms with Crippen LogP contribution in [0.25, 0.3) is 11.0 Å². The maximum atomic E-state index is 12.0. The van der Waals surface area contributed by atoms with Gasteiger partial charge in [0.2, 0.25) is 0 Å². The van der Waals surface area contributed by atoms with Crippen molar-refractivity contribution in [3.8, 4) is 0 Å². The van der Waals surface area contributed by atoms with Crippen LogP contribution in [0.15, 0.2) is 18.6 Å². The van der Waals surface area contributed by atoms with E-state index in [2.05, 4.69) is 26.9 Å². The van der Waals surface area contributed by atoms with E-state index in [9.17, 15) is 9.90 Å². The van der Waals surface area contributed by atoms with Crippen LogP contribution in [0.2, 0.25) is 0 Å². The third kappa shape index (κ3) is 2.43. The van der Waals surface area contributed by atoms with E-state index in [1.165, 1.54) is 0 Å². The second-order valence-corrected chi connectivity index (χ2v) is 7.11. The van der Waals surface area contributed by atoms with E-state index in [4.69, 9.17) is 0 Å². The van der Waals surface area contributed by atoms with E-state index in [0.717, 1.165) is 42.8 Å². The van der Waals surface area contributed by atoms with Gasteiger partial charge in [0.15, 0.2) is 0 Å². The van der Waals surface area contributed by atoms with E-state index in [0.29, 0.717) is 17.9 Å². The Labute approximate surface area is 140 Å². The molecule has 2 aliphatic rings. The zero-order valence-corrected chi connectivity index (χ0v) is 14.0. The summed E-state index contributed by atoms with van der Waals surface area (Å²) in [6.07, 6.45) is 4.70. The van der Waals surface area contributed by atoms with Crippen molar-refractivity contribution in [3.05, 3.63) is 18.6 Å². The minimum absolute atomic E-state index is 0.140. The number of nitrogens with one attached hydrogen (secondary N) is 1. The molecule has 0 radical (unpaired) electrons. The van der Waals surface area contributed by atoms with Gasteiger partial charge in [0.25, 0.3) is 5.91 Å². The number of anilines is 1. The molecule has 1 aliphatic heterocycles. The molecule has 4 atom stereocenters. The second-order valence-electron chi connectivity index (χ2n) is 7.11. The third-order valence-electron chi connectivity index (χ3n) is 5.61. The van der Waals surface area contributed by atoms with Gasteiger partial charge >= 0.3 is 0 Å². The average molecular weight is 329 g/mol. The summed E-state index contributed by atoms with van der Waals surface area (Å²) in [7, 11) is 2.10. The van der Waals surface area contributed by atoms with Gasteiger partial charge in [-0.15, -0.1) is 0 Å². The van der Waals surface area contributed by atoms with Crippen molar-refractivity contribution in [2.75, 3.05) is 25.0 Å². The van der Waals surface area contributed by atoms with Crippen LogP contribution in [0.1, 0.15) is 19.8 Å². The molecule has 0 spiro atoms. The Balaban J connectivity index is 1.47. The molecule has 2 aromatic heterocycles. The number of aliphatic hydroxyl groups excluding tert-OH is 1. The smallest absolute Gasteiger partial charge is 0.251 e. The predicted octanol–water partition coefficient (Wildman–Crippen LogP) is 1.01. The van der Waals surface area contributed by atoms with E-state index in [-0.39, 0.29) is 5.91 Å². The van der Waals surface area contributed by atoms with Crippen molar-refractivity contribution in [2.24, 2.45) is 11.8 Å². The maximum absolute atomic E-state index is 12.0. The molecular formula is C17H23N5O2. The first-order chi connectivity index (χ1) is 11.5. The van der Waals surface area contributed by atoms with Crippen LogP contribution >= 0.6 is 0 Å². The average Bonchev–Trinajstić information content (AvgIpc) is 3.26. The number of likely N-dealkylation sites (tertiary alicyclic amines) is 1. The summed E-state index contributed by atoms with van der Waals surface area (Å²) >= 11 is 0. The molecule has 0 aromatic carbocycles. The lowest BCUT2D eigenvalue weighted by atomic mass is 10.0. The second kappa shape index (κ2) is 5.73. The number of amides is 1. The lowest BCUT2D eigenvalue weighted by molar-refractivity contribution is -0.138. The Morgan fingerprint density at radius 2 is 2.08 bits per heavy atom. The summed E-state index contributed by atoms with van der Waals surface area (Å²) in [5.41, 5.74) is 0.860. The van der Waals surface area contributed by atoms with Crippen LogP contribution in [0.5, 0.6) is 0 Å². The van der Waals surface area contributed by atoms with Crippen molar-refractivity contribution in [1.82, 2.24) is 19.9 Å². The molecular weight excluding hydrogens is 306 g/mol. The zero-order chi connectivity index (χ0) is 16.8. The number of hydrogen-bond donors (Lipinski definition) is 2. The van der Waals surface area contributed by atoms with Gasteiger partial charge in [-0.1, -0.05) is 0 Å². The SMILES string of the molecule is C[C@H](O)C(=O)N1CC2C[C@@H](N(C)c3ncnc4[nH]ccc34)C[C@H]2C1. The number of aromatic nitrogens is 3. The van der Waals surface area contributed by atoms with Crippen molar-refractivity contribution in [1.29, 1.82) is 0 Å². The molecule has 7 heteroatoms. The van der Waals surface area contributed by atoms with Crippen molar-refractivity contribution in [2.45, 2.75) is 31.9 Å². The summed E-state index contributed by atoms with van der Waals surface area (Å²) in [5.74, 6) is 1.86. The van der Waals surface area contributed by atoms with Crippen molar-refractivity contribution < 1.29 is 9.90 Å². The molecule has 24 heavy (non-hydrogen) atoms. The van der Waals surface area contributed by atoms with Gasteiger partial charge in [0.05, 0.1) is 5.39 Å². The first kappa shape index (κ1) is 15.4. The molecule has 2 fully saturated rings. The van der Waals surface area contributed by atoms with Gasteiger partial charge in [-0.05, 0) is 37.7 Å². The zero-order valence-electron chi connectivity index (χ0n) is 14.0. The van der Waals surface area contributed by atoms with Crippen LogP contribution in [-0.2, 0) is 4.79 Å². The van der Waals surface area contributed by atoms with Gasteiger partial charge in [-0.2, -0.15) is 0 Å². The molecule has 1 unspecified atom stereocenters. The van der Waals surface area contributed by atoms with E-state index >= 15 is 0 Å². The molecule has 1 amide bonds. The predicted molar refractivity (Wildman–Crippen MR) is 90.6 cm³/mol. The molecule has 1 saturated carbocycles. The summed E-state index contributed by atoms with van der Waals surface area (Å²) in [6.45, 7) is 3.08. The van der Waals surface area contributed by atoms with E-state index < -0.39 is 6.10 Å². The number of fused-ring (bicyclic) bond motifs is 2. The molecule has 2 aromatic rings. The van der Waals surface area contributed by atoms with Crippen LogP contribution in [0.3, 0.4) is 0 Å². The number of hydrogen-bond acceptors (Lipinski definition) is 5. The van der Waals surface area contributed by atoms with Crippen LogP contribution < -0.4 is 4.90 Å². The largest absolute Gasteiger partial charge is 0.384 e. The molecule has 3 heterocycles. The highest BCUT2D eigenvalue weighted by Crippen LogP contribution is 2.41. The number of carbonyl (C=O) groups is 1. The fourth-order valence-electron chi connectivity index (χ4n) is 4.34. The Morgan fingerprint density at radius 3 is 2.75 bits per heavy atom. The monoisotopic (exact) mass is 329 g/mol. The first-order valence-corrected chi connectivity index (χ1v) is 8.52. The number of carbonyl (C=O) groups excluding carboxylic acids is 1. The topological polar surface area (TPSA) is 85.3 Å². The molecule has 128 valence electrons. The van der Waals surface area contributed by atoms with Gasteiger partial charge in [-0.3, -0.25) is 4.79 Å². The number of rotatable bonds is 3. The highest BCUT2D eigenvalue weighted by atomic mass is 16.3. The third-order valence-corrected chi connectivity index (χ3v) is 5.61. The highest BCUT2D eigenvalue weighted by molar-refractivity contribution is 5.87. The maximum Gasteiger partial charge on any atom is 0.251 e. The standard InChI is InChI=1S/C17H23N5O2/c1-10(23)17(24)22-7-11-5-13(6-12(11)8-22)21(2)16-14-3-4-18-15(14)19-9-20-16/h3-4,9-13,23H,5-8H2,1-2H3,(H,18,19,20)/t10-,11-,12?,13-/m0/s1. The highest BCUT2D eigenvalue weighted by Gasteiger charge is 2.44. The number of H-pyrrole nitrogens is 1. The molecule has 2 N–H and O–H groups in total. The number of aliphatic hydroxyl groups is 1. The number of nitrogens with zero attached hydrogens (tertiary/aromatic N) is 4. The van der Waals surface area contributed by atoms with Crippen molar-refractivity contribution in [3.63, 3.8) is 0 Å². The van der Waals surface area contributed by atoms with Crippen LogP contribution in [0.4, 0.5) is 5.82 Å². The fourth-order valence-corrected chi connectivity index (χ4v) is 4.34. The van der Waals surface area contributed by atoms with E-state index in [1.54, 1.807) is 13.3 Å². The minimum Gasteiger partial charge on any atom is -0.384 e. The normalized spacial score (nSPS) is 27.5. The Hall–Kier alpha value is -2.15. The molecule has 4 rings (SSSR count). The lowest BCUT2D eigenvalue weighted by Crippen LogP contribution is -2.38. The molecule has 1 saturated heterocycles. The fraction of sp³-hybridized carbons (Fsp3) is 0.588. The molecule has 0 bridgehead atoms. The van der Waals surface area contributed by atoms with Crippen molar-refractivity contribution >= 4 is 22.8 Å². The van der Waals surface area contributed by atoms with Gasteiger partial charge in [0, 0.05) is 32.4 Å². The Kier molecular flexibility index (Phi) is 3.68. The summed E-state index contributed by atoms with van der Waals surface area (Å²) in [4.78, 5) is 27.9. The quantitative estimate of drug-likeness (QED) is 0.878. The molecule has 7 nitrogen and oxygen atoms in total. The summed E-state index contributed by atoms with van der Waals surface area (Å²) in [6, 6.07) is 2.44. The number of aromatic amines is 1. The Morgan fingerprint density at radius 1 is 1.38 bits per heavy atom. The molecule has 1 aliphatic carbocycles.